The summed E-state index contributed by atoms with van der Waals surface area (Å²) >= 11 is 0. The Kier molecular flexibility index (Phi) is 25.6. The van der Waals surface area contributed by atoms with Crippen LogP contribution >= 0.6 is 0 Å². The minimum absolute atomic E-state index is 0.0590. The van der Waals surface area contributed by atoms with Crippen LogP contribution in [-0.2, 0) is 19.1 Å². The van der Waals surface area contributed by atoms with Crippen LogP contribution in [0.3, 0.4) is 0 Å². The lowest BCUT2D eigenvalue weighted by molar-refractivity contribution is -0.161. The number of hydrogen-bond donors (Lipinski definition) is 1. The molecule has 0 bridgehead atoms. The van der Waals surface area contributed by atoms with Gasteiger partial charge >= 0.3 is 11.9 Å². The molecule has 1 N–H and O–H groups in total. The molecule has 0 aromatic rings. The van der Waals surface area contributed by atoms with E-state index in [1.807, 2.05) is 0 Å². The van der Waals surface area contributed by atoms with E-state index in [0.717, 1.165) is 38.5 Å². The second-order valence-corrected chi connectivity index (χ2v) is 9.84. The Morgan fingerprint density at radius 3 is 1.29 bits per heavy atom. The summed E-state index contributed by atoms with van der Waals surface area (Å²) in [5, 5.41) is 9.43. The standard InChI is InChI=1S/C29H56O5/c1-3-5-7-9-11-13-14-15-16-18-20-22-24-29(32)34-27(25-30)26-33-28(31)23-21-19-17-12-10-8-6-4-2/h27,30H,3-26H2,1-2H3. The van der Waals surface area contributed by atoms with Gasteiger partial charge in [-0.2, -0.15) is 0 Å². The van der Waals surface area contributed by atoms with Gasteiger partial charge in [0.25, 0.3) is 0 Å². The van der Waals surface area contributed by atoms with Gasteiger partial charge in [0.05, 0.1) is 6.61 Å². The summed E-state index contributed by atoms with van der Waals surface area (Å²) in [7, 11) is 0. The van der Waals surface area contributed by atoms with Crippen LogP contribution in [0.4, 0.5) is 0 Å². The zero-order chi connectivity index (χ0) is 25.1. The van der Waals surface area contributed by atoms with Gasteiger partial charge in [-0.15, -0.1) is 0 Å². The van der Waals surface area contributed by atoms with Crippen LogP contribution in [0.2, 0.25) is 0 Å². The maximum absolute atomic E-state index is 12.0. The van der Waals surface area contributed by atoms with Crippen molar-refractivity contribution >= 4 is 11.9 Å². The summed E-state index contributed by atoms with van der Waals surface area (Å²) in [5.74, 6) is -0.591. The molecule has 0 spiro atoms. The fourth-order valence-electron chi connectivity index (χ4n) is 4.14. The van der Waals surface area contributed by atoms with Crippen LogP contribution in [0.1, 0.15) is 155 Å². The molecule has 5 nitrogen and oxygen atoms in total. The molecule has 0 aliphatic rings. The van der Waals surface area contributed by atoms with Crippen molar-refractivity contribution in [1.29, 1.82) is 0 Å². The molecule has 1 atom stereocenters. The number of carbonyl (C=O) groups is 2. The normalized spacial score (nSPS) is 12.0. The van der Waals surface area contributed by atoms with Gasteiger partial charge in [0, 0.05) is 12.8 Å². The molecule has 5 heteroatoms. The van der Waals surface area contributed by atoms with Crippen LogP contribution in [0, 0.1) is 0 Å². The van der Waals surface area contributed by atoms with Crippen molar-refractivity contribution in [2.75, 3.05) is 13.2 Å². The number of ether oxygens (including phenoxy) is 2. The monoisotopic (exact) mass is 484 g/mol. The largest absolute Gasteiger partial charge is 0.462 e. The van der Waals surface area contributed by atoms with Crippen LogP contribution in [0.15, 0.2) is 0 Å². The molecule has 34 heavy (non-hydrogen) atoms. The van der Waals surface area contributed by atoms with Gasteiger partial charge in [0.1, 0.15) is 6.61 Å². The Balaban J connectivity index is 3.58. The topological polar surface area (TPSA) is 72.8 Å². The van der Waals surface area contributed by atoms with Crippen LogP contribution in [0.5, 0.6) is 0 Å². The number of hydrogen-bond acceptors (Lipinski definition) is 5. The molecule has 0 aliphatic heterocycles. The fourth-order valence-corrected chi connectivity index (χ4v) is 4.14. The zero-order valence-corrected chi connectivity index (χ0v) is 22.6. The highest BCUT2D eigenvalue weighted by Gasteiger charge is 2.16. The number of aliphatic hydroxyl groups is 1. The van der Waals surface area contributed by atoms with Crippen molar-refractivity contribution in [3.8, 4) is 0 Å². The SMILES string of the molecule is CCCCCCCCCCCCCCC(=O)OC(CO)COC(=O)CCCCCCCCCC. The lowest BCUT2D eigenvalue weighted by atomic mass is 10.0. The third-order valence-electron chi connectivity index (χ3n) is 6.40. The molecule has 0 saturated carbocycles. The maximum Gasteiger partial charge on any atom is 0.306 e. The van der Waals surface area contributed by atoms with Crippen molar-refractivity contribution in [2.24, 2.45) is 0 Å². The Labute approximate surface area is 210 Å². The van der Waals surface area contributed by atoms with Gasteiger partial charge in [0.15, 0.2) is 6.10 Å². The van der Waals surface area contributed by atoms with E-state index in [1.54, 1.807) is 0 Å². The van der Waals surface area contributed by atoms with Crippen LogP contribution in [-0.4, -0.2) is 36.4 Å². The number of esters is 2. The highest BCUT2D eigenvalue weighted by Crippen LogP contribution is 2.13. The average Bonchev–Trinajstić information content (AvgIpc) is 2.84. The van der Waals surface area contributed by atoms with Gasteiger partial charge in [-0.25, -0.2) is 0 Å². The van der Waals surface area contributed by atoms with Crippen molar-refractivity contribution < 1.29 is 24.2 Å². The lowest BCUT2D eigenvalue weighted by Gasteiger charge is -2.15. The summed E-state index contributed by atoms with van der Waals surface area (Å²) in [4.78, 5) is 23.9. The maximum atomic E-state index is 12.0. The fraction of sp³-hybridized carbons (Fsp3) is 0.931. The molecule has 202 valence electrons. The molecule has 0 heterocycles. The Morgan fingerprint density at radius 1 is 0.559 bits per heavy atom. The molecular formula is C29H56O5. The Bertz CT molecular complexity index is 452. The summed E-state index contributed by atoms with van der Waals surface area (Å²) in [6, 6.07) is 0. The van der Waals surface area contributed by atoms with Crippen molar-refractivity contribution in [2.45, 2.75) is 161 Å². The average molecular weight is 485 g/mol. The summed E-state index contributed by atoms with van der Waals surface area (Å²) < 4.78 is 10.5. The van der Waals surface area contributed by atoms with E-state index in [2.05, 4.69) is 13.8 Å². The van der Waals surface area contributed by atoms with E-state index in [4.69, 9.17) is 9.47 Å². The lowest BCUT2D eigenvalue weighted by Crippen LogP contribution is -2.28. The smallest absolute Gasteiger partial charge is 0.306 e. The molecule has 0 saturated heterocycles. The van der Waals surface area contributed by atoms with Gasteiger partial charge in [-0.3, -0.25) is 9.59 Å². The third kappa shape index (κ3) is 24.0. The number of carbonyl (C=O) groups excluding carboxylic acids is 2. The molecule has 0 aromatic heterocycles. The molecular weight excluding hydrogens is 428 g/mol. The first-order valence-corrected chi connectivity index (χ1v) is 14.6. The second kappa shape index (κ2) is 26.5. The predicted molar refractivity (Wildman–Crippen MR) is 141 cm³/mol. The third-order valence-corrected chi connectivity index (χ3v) is 6.40. The summed E-state index contributed by atoms with van der Waals surface area (Å²) in [5.41, 5.74) is 0. The van der Waals surface area contributed by atoms with Gasteiger partial charge < -0.3 is 14.6 Å². The Morgan fingerprint density at radius 2 is 0.912 bits per heavy atom. The van der Waals surface area contributed by atoms with Crippen LogP contribution < -0.4 is 0 Å². The van der Waals surface area contributed by atoms with E-state index in [1.165, 1.54) is 89.9 Å². The van der Waals surface area contributed by atoms with E-state index in [-0.39, 0.29) is 25.2 Å². The summed E-state index contributed by atoms with van der Waals surface area (Å²) in [6.45, 7) is 4.08. The molecule has 0 rings (SSSR count). The molecule has 0 amide bonds. The molecule has 0 aliphatic carbocycles. The minimum atomic E-state index is -0.757. The van der Waals surface area contributed by atoms with E-state index >= 15 is 0 Å². The van der Waals surface area contributed by atoms with E-state index in [9.17, 15) is 14.7 Å². The van der Waals surface area contributed by atoms with Gasteiger partial charge in [0.2, 0.25) is 0 Å². The summed E-state index contributed by atoms with van der Waals surface area (Å²) in [6.07, 6.45) is 24.4. The first-order valence-electron chi connectivity index (χ1n) is 14.6. The highest BCUT2D eigenvalue weighted by atomic mass is 16.6. The first-order chi connectivity index (χ1) is 16.6. The molecule has 0 fully saturated rings. The Hall–Kier alpha value is -1.10. The van der Waals surface area contributed by atoms with E-state index < -0.39 is 6.10 Å². The quantitative estimate of drug-likeness (QED) is 0.0992. The first kappa shape index (κ1) is 32.9. The number of aliphatic hydroxyl groups excluding tert-OH is 1. The predicted octanol–water partition coefficient (Wildman–Crippen LogP) is 8.06. The van der Waals surface area contributed by atoms with Gasteiger partial charge in [-0.05, 0) is 12.8 Å². The minimum Gasteiger partial charge on any atom is -0.462 e. The second-order valence-electron chi connectivity index (χ2n) is 9.84. The van der Waals surface area contributed by atoms with Crippen molar-refractivity contribution in [3.05, 3.63) is 0 Å². The van der Waals surface area contributed by atoms with E-state index in [0.29, 0.717) is 12.8 Å². The van der Waals surface area contributed by atoms with Crippen molar-refractivity contribution in [1.82, 2.24) is 0 Å². The molecule has 0 aromatic carbocycles. The molecule has 1 unspecified atom stereocenters. The number of rotatable bonds is 26. The van der Waals surface area contributed by atoms with Gasteiger partial charge in [-0.1, -0.05) is 129 Å². The number of unbranched alkanes of at least 4 members (excludes halogenated alkanes) is 18. The van der Waals surface area contributed by atoms with Crippen molar-refractivity contribution in [3.63, 3.8) is 0 Å². The molecule has 0 radical (unpaired) electrons. The highest BCUT2D eigenvalue weighted by molar-refractivity contribution is 5.70. The van der Waals surface area contributed by atoms with Crippen LogP contribution in [0.25, 0.3) is 0 Å². The zero-order valence-electron chi connectivity index (χ0n) is 22.6.